The van der Waals surface area contributed by atoms with E-state index in [1.807, 2.05) is 6.92 Å². The Balaban J connectivity index is 3.22. The van der Waals surface area contributed by atoms with Crippen molar-refractivity contribution >= 4 is 0 Å². The molecule has 1 rings (SSSR count). The average Bonchev–Trinajstić information content (AvgIpc) is 2.10. The van der Waals surface area contributed by atoms with Crippen molar-refractivity contribution in [2.24, 2.45) is 5.73 Å². The highest BCUT2D eigenvalue weighted by atomic mass is 16.2. The van der Waals surface area contributed by atoms with Crippen LogP contribution in [0.1, 0.15) is 12.5 Å². The molecule has 1 aromatic heterocycles. The molecular formula is C8H13N3O2. The number of aromatic nitrogens is 2. The topological polar surface area (TPSA) is 80.9 Å². The van der Waals surface area contributed by atoms with Gasteiger partial charge in [-0.2, -0.15) is 0 Å². The van der Waals surface area contributed by atoms with E-state index >= 15 is 0 Å². The van der Waals surface area contributed by atoms with Gasteiger partial charge >= 0.3 is 5.69 Å². The van der Waals surface area contributed by atoms with Gasteiger partial charge in [0.2, 0.25) is 0 Å². The van der Waals surface area contributed by atoms with Gasteiger partial charge < -0.3 is 5.73 Å². The molecule has 0 unspecified atom stereocenters. The summed E-state index contributed by atoms with van der Waals surface area (Å²) in [6.07, 6.45) is 2.17. The number of H-pyrrole nitrogens is 1. The Morgan fingerprint density at radius 1 is 1.54 bits per heavy atom. The standard InChI is InChI=1S/C8H13N3O2/c1-2-6-5-11(4-3-9)8(13)10-7(6)12/h5H,2-4,9H2,1H3,(H,10,12,13). The summed E-state index contributed by atoms with van der Waals surface area (Å²) in [6.45, 7) is 2.68. The largest absolute Gasteiger partial charge is 0.329 e. The number of nitrogens with one attached hydrogen (secondary N) is 1. The van der Waals surface area contributed by atoms with Crippen molar-refractivity contribution in [1.82, 2.24) is 9.55 Å². The summed E-state index contributed by atoms with van der Waals surface area (Å²) < 4.78 is 1.42. The number of aromatic amines is 1. The van der Waals surface area contributed by atoms with Crippen LogP contribution in [0.25, 0.3) is 0 Å². The van der Waals surface area contributed by atoms with Crippen molar-refractivity contribution in [3.05, 3.63) is 32.6 Å². The molecule has 0 spiro atoms. The molecule has 0 aliphatic rings. The van der Waals surface area contributed by atoms with Gasteiger partial charge in [-0.15, -0.1) is 0 Å². The molecule has 0 fully saturated rings. The van der Waals surface area contributed by atoms with Crippen molar-refractivity contribution in [3.63, 3.8) is 0 Å². The molecule has 0 bridgehead atoms. The maximum atomic E-state index is 11.1. The van der Waals surface area contributed by atoms with Crippen LogP contribution in [0.3, 0.4) is 0 Å². The zero-order valence-corrected chi connectivity index (χ0v) is 7.54. The first-order chi connectivity index (χ1) is 6.19. The normalized spacial score (nSPS) is 10.3. The summed E-state index contributed by atoms with van der Waals surface area (Å²) in [5, 5.41) is 0. The van der Waals surface area contributed by atoms with Crippen LogP contribution in [0.2, 0.25) is 0 Å². The van der Waals surface area contributed by atoms with Crippen LogP contribution < -0.4 is 17.0 Å². The van der Waals surface area contributed by atoms with Gasteiger partial charge in [0.1, 0.15) is 0 Å². The summed E-state index contributed by atoms with van der Waals surface area (Å²) in [5.41, 5.74) is 5.21. The van der Waals surface area contributed by atoms with Gasteiger partial charge in [0, 0.05) is 24.8 Å². The summed E-state index contributed by atoms with van der Waals surface area (Å²) in [7, 11) is 0. The van der Waals surface area contributed by atoms with Gasteiger partial charge in [0.25, 0.3) is 5.56 Å². The van der Waals surface area contributed by atoms with E-state index in [9.17, 15) is 9.59 Å². The molecule has 1 heterocycles. The lowest BCUT2D eigenvalue weighted by Crippen LogP contribution is -2.33. The highest BCUT2D eigenvalue weighted by Gasteiger charge is 2.01. The molecule has 0 saturated carbocycles. The second kappa shape index (κ2) is 4.04. The molecule has 3 N–H and O–H groups in total. The van der Waals surface area contributed by atoms with Gasteiger partial charge in [-0.1, -0.05) is 6.92 Å². The van der Waals surface area contributed by atoms with E-state index in [-0.39, 0.29) is 5.56 Å². The first-order valence-corrected chi connectivity index (χ1v) is 4.21. The second-order valence-corrected chi connectivity index (χ2v) is 2.75. The average molecular weight is 183 g/mol. The molecule has 0 saturated heterocycles. The molecule has 0 aliphatic heterocycles. The third-order valence-electron chi connectivity index (χ3n) is 1.84. The number of hydrogen-bond donors (Lipinski definition) is 2. The first kappa shape index (κ1) is 9.73. The molecule has 72 valence electrons. The fraction of sp³-hybridized carbons (Fsp3) is 0.500. The van der Waals surface area contributed by atoms with Crippen LogP contribution >= 0.6 is 0 Å². The quantitative estimate of drug-likeness (QED) is 0.634. The summed E-state index contributed by atoms with van der Waals surface area (Å²) >= 11 is 0. The highest BCUT2D eigenvalue weighted by molar-refractivity contribution is 5.03. The molecule has 5 nitrogen and oxygen atoms in total. The molecule has 1 aromatic rings. The fourth-order valence-electron chi connectivity index (χ4n) is 1.11. The molecule has 0 aliphatic carbocycles. The van der Waals surface area contributed by atoms with Crippen molar-refractivity contribution in [2.75, 3.05) is 6.54 Å². The molecular weight excluding hydrogens is 170 g/mol. The van der Waals surface area contributed by atoms with Crippen molar-refractivity contribution in [3.8, 4) is 0 Å². The number of aryl methyl sites for hydroxylation is 1. The molecule has 0 atom stereocenters. The maximum Gasteiger partial charge on any atom is 0.328 e. The second-order valence-electron chi connectivity index (χ2n) is 2.75. The predicted molar refractivity (Wildman–Crippen MR) is 49.8 cm³/mol. The Kier molecular flexibility index (Phi) is 3.02. The van der Waals surface area contributed by atoms with Crippen molar-refractivity contribution in [2.45, 2.75) is 19.9 Å². The smallest absolute Gasteiger partial charge is 0.328 e. The van der Waals surface area contributed by atoms with E-state index in [1.54, 1.807) is 6.20 Å². The molecule has 5 heteroatoms. The Morgan fingerprint density at radius 2 is 2.23 bits per heavy atom. The minimum Gasteiger partial charge on any atom is -0.329 e. The van der Waals surface area contributed by atoms with Gasteiger partial charge in [-0.25, -0.2) is 4.79 Å². The maximum absolute atomic E-state index is 11.1. The highest BCUT2D eigenvalue weighted by Crippen LogP contribution is 1.87. The van der Waals surface area contributed by atoms with Gasteiger partial charge in [-0.3, -0.25) is 14.3 Å². The fourth-order valence-corrected chi connectivity index (χ4v) is 1.11. The van der Waals surface area contributed by atoms with Crippen LogP contribution in [0, 0.1) is 0 Å². The predicted octanol–water partition coefficient (Wildman–Crippen LogP) is -0.942. The monoisotopic (exact) mass is 183 g/mol. The SMILES string of the molecule is CCc1cn(CCN)c(=O)[nH]c1=O. The molecule has 13 heavy (non-hydrogen) atoms. The zero-order valence-electron chi connectivity index (χ0n) is 7.54. The number of rotatable bonds is 3. The molecule has 0 amide bonds. The third kappa shape index (κ3) is 2.06. The molecule has 0 aromatic carbocycles. The van der Waals surface area contributed by atoms with Gasteiger partial charge in [0.05, 0.1) is 0 Å². The Bertz CT molecular complexity index is 391. The minimum absolute atomic E-state index is 0.305. The van der Waals surface area contributed by atoms with Crippen molar-refractivity contribution < 1.29 is 0 Å². The summed E-state index contributed by atoms with van der Waals surface area (Å²) in [4.78, 5) is 24.5. The van der Waals surface area contributed by atoms with Crippen LogP contribution in [0.15, 0.2) is 15.8 Å². The molecule has 0 radical (unpaired) electrons. The van der Waals surface area contributed by atoms with Crippen molar-refractivity contribution in [1.29, 1.82) is 0 Å². The zero-order chi connectivity index (χ0) is 9.84. The Morgan fingerprint density at radius 3 is 2.77 bits per heavy atom. The van der Waals surface area contributed by atoms with E-state index in [0.717, 1.165) is 0 Å². The number of nitrogens with two attached hydrogens (primary N) is 1. The van der Waals surface area contributed by atoms with E-state index in [0.29, 0.717) is 25.1 Å². The lowest BCUT2D eigenvalue weighted by Gasteiger charge is -2.03. The Hall–Kier alpha value is -1.36. The Labute approximate surface area is 75.2 Å². The van der Waals surface area contributed by atoms with Gasteiger partial charge in [0.15, 0.2) is 0 Å². The first-order valence-electron chi connectivity index (χ1n) is 4.21. The summed E-state index contributed by atoms with van der Waals surface area (Å²) in [5.74, 6) is 0. The van der Waals surface area contributed by atoms with Crippen LogP contribution in [0.5, 0.6) is 0 Å². The van der Waals surface area contributed by atoms with Crippen LogP contribution in [0.4, 0.5) is 0 Å². The van der Waals surface area contributed by atoms with Gasteiger partial charge in [-0.05, 0) is 6.42 Å². The van der Waals surface area contributed by atoms with E-state index in [2.05, 4.69) is 4.98 Å². The third-order valence-corrected chi connectivity index (χ3v) is 1.84. The summed E-state index contributed by atoms with van der Waals surface area (Å²) in [6, 6.07) is 0. The number of nitrogens with zero attached hydrogens (tertiary/aromatic N) is 1. The lowest BCUT2D eigenvalue weighted by atomic mass is 10.3. The van der Waals surface area contributed by atoms with E-state index in [1.165, 1.54) is 4.57 Å². The van der Waals surface area contributed by atoms with E-state index < -0.39 is 5.69 Å². The van der Waals surface area contributed by atoms with Crippen LogP contribution in [-0.4, -0.2) is 16.1 Å². The lowest BCUT2D eigenvalue weighted by molar-refractivity contribution is 0.647. The van der Waals surface area contributed by atoms with E-state index in [4.69, 9.17) is 5.73 Å². The number of hydrogen-bond acceptors (Lipinski definition) is 3. The minimum atomic E-state index is -0.396. The van der Waals surface area contributed by atoms with Crippen LogP contribution in [-0.2, 0) is 13.0 Å².